The topological polar surface area (TPSA) is 68.0 Å². The van der Waals surface area contributed by atoms with Crippen molar-refractivity contribution in [1.82, 2.24) is 14.5 Å². The van der Waals surface area contributed by atoms with Crippen LogP contribution in [0, 0.1) is 16.9 Å². The molecule has 6 heteroatoms. The second-order valence-electron chi connectivity index (χ2n) is 13.9. The zero-order chi connectivity index (χ0) is 34.8. The van der Waals surface area contributed by atoms with Gasteiger partial charge in [-0.3, -0.25) is 9.78 Å². The van der Waals surface area contributed by atoms with Crippen LogP contribution < -0.4 is 0 Å². The van der Waals surface area contributed by atoms with Gasteiger partial charge in [0.05, 0.1) is 0 Å². The second-order valence-corrected chi connectivity index (χ2v) is 13.9. The summed E-state index contributed by atoms with van der Waals surface area (Å²) in [5.74, 6) is 0.718. The zero-order valence-electron chi connectivity index (χ0n) is 30.4. The van der Waals surface area contributed by atoms with Crippen LogP contribution in [0.4, 0.5) is 0 Å². The molecule has 0 aliphatic heterocycles. The molecule has 1 radical (unpaired) electrons. The number of hydrogen-bond donors (Lipinski definition) is 1. The summed E-state index contributed by atoms with van der Waals surface area (Å²) < 4.78 is 2.17. The van der Waals surface area contributed by atoms with Crippen molar-refractivity contribution in [2.24, 2.45) is 17.9 Å². The average Bonchev–Trinajstić information content (AvgIpc) is 3.42. The van der Waals surface area contributed by atoms with Gasteiger partial charge in [-0.05, 0) is 42.5 Å². The normalized spacial score (nSPS) is 12.4. The molecule has 6 rings (SSSR count). The monoisotopic (exact) mass is 833 g/mol. The molecule has 2 aromatic heterocycles. The number of aliphatic hydroxyl groups excluding tert-OH is 1. The van der Waals surface area contributed by atoms with Gasteiger partial charge >= 0.3 is 0 Å². The van der Waals surface area contributed by atoms with Crippen molar-refractivity contribution in [2.45, 2.75) is 87.0 Å². The minimum atomic E-state index is -0.337. The van der Waals surface area contributed by atoms with E-state index in [1.807, 2.05) is 41.5 Å². The molecule has 0 atom stereocenters. The van der Waals surface area contributed by atoms with E-state index in [0.717, 1.165) is 48.0 Å². The van der Waals surface area contributed by atoms with E-state index >= 15 is 0 Å². The van der Waals surface area contributed by atoms with Gasteiger partial charge < -0.3 is 9.67 Å². The van der Waals surface area contributed by atoms with Gasteiger partial charge in [0.25, 0.3) is 0 Å². The SMILES string of the molecule is CC(C)c1c[c-]c(-c2ncnc3c2c2c4ccccc4ccc2n3C)c2ccccc12.CCC(C)(CC)C(=O)/C=C(\O)C(C)(CC)CC.[Ir]. The average molecular weight is 833 g/mol. The van der Waals surface area contributed by atoms with Gasteiger partial charge in [-0.15, -0.1) is 23.3 Å². The Kier molecular flexibility index (Phi) is 11.9. The number of aromatic nitrogens is 3. The summed E-state index contributed by atoms with van der Waals surface area (Å²) in [5, 5.41) is 17.3. The molecule has 0 aliphatic carbocycles. The van der Waals surface area contributed by atoms with E-state index in [-0.39, 0.29) is 42.5 Å². The summed E-state index contributed by atoms with van der Waals surface area (Å²) in [6, 6.07) is 27.2. The van der Waals surface area contributed by atoms with Crippen LogP contribution >= 0.6 is 0 Å². The van der Waals surface area contributed by atoms with Gasteiger partial charge in [0.1, 0.15) is 17.7 Å². The number of aliphatic hydroxyl groups is 1. The van der Waals surface area contributed by atoms with Crippen LogP contribution in [0.2, 0.25) is 0 Å². The third kappa shape index (κ3) is 6.96. The van der Waals surface area contributed by atoms with Crippen molar-refractivity contribution >= 4 is 49.3 Å². The summed E-state index contributed by atoms with van der Waals surface area (Å²) in [5.41, 5.74) is 4.80. The van der Waals surface area contributed by atoms with Crippen LogP contribution in [0.15, 0.2) is 84.9 Å². The Balaban J connectivity index is 0.000000260. The second kappa shape index (κ2) is 15.4. The smallest absolute Gasteiger partial charge is 0.164 e. The van der Waals surface area contributed by atoms with Crippen LogP contribution in [0.25, 0.3) is 54.7 Å². The predicted octanol–water partition coefficient (Wildman–Crippen LogP) is 11.7. The molecule has 0 fully saturated rings. The molecule has 259 valence electrons. The Hall–Kier alpha value is -3.86. The van der Waals surface area contributed by atoms with E-state index in [1.54, 1.807) is 6.33 Å². The Morgan fingerprint density at radius 2 is 1.43 bits per heavy atom. The van der Waals surface area contributed by atoms with E-state index in [1.165, 1.54) is 44.1 Å². The van der Waals surface area contributed by atoms with Crippen molar-refractivity contribution in [3.8, 4) is 11.3 Å². The summed E-state index contributed by atoms with van der Waals surface area (Å²) in [7, 11) is 2.08. The molecule has 5 nitrogen and oxygen atoms in total. The standard InChI is InChI=1S/C28H22N3.C15H28O2.Ir/c1-17(2)19-13-14-23(22-11-7-6-10-21(19)22)27-26-25-20-9-5-4-8-18(20)12-15-24(25)31(3)28(26)30-16-29-27;1-7-14(5,8-2)12(16)11-13(17)15(6,9-3)10-4;/h4-13,15-17H,1-3H3;11,16H,7-10H2,1-6H3;/q-1;;/b;12-11-;. The van der Waals surface area contributed by atoms with Crippen LogP contribution in [-0.2, 0) is 31.9 Å². The number of fused-ring (bicyclic) bond motifs is 6. The van der Waals surface area contributed by atoms with E-state index in [4.69, 9.17) is 4.98 Å². The molecule has 2 heterocycles. The fourth-order valence-corrected chi connectivity index (χ4v) is 6.58. The maximum absolute atomic E-state index is 12.2. The maximum atomic E-state index is 12.2. The molecule has 0 aliphatic rings. The van der Waals surface area contributed by atoms with Crippen molar-refractivity contribution in [1.29, 1.82) is 0 Å². The van der Waals surface area contributed by atoms with Gasteiger partial charge in [-0.2, -0.15) is 0 Å². The molecular weight excluding hydrogens is 783 g/mol. The van der Waals surface area contributed by atoms with Crippen LogP contribution in [0.3, 0.4) is 0 Å². The van der Waals surface area contributed by atoms with Crippen molar-refractivity contribution < 1.29 is 30.0 Å². The quantitative estimate of drug-likeness (QED) is 0.0895. The fraction of sp³-hybridized carbons (Fsp3) is 0.372. The van der Waals surface area contributed by atoms with Gasteiger partial charge in [0.15, 0.2) is 5.78 Å². The number of rotatable bonds is 9. The predicted molar refractivity (Wildman–Crippen MR) is 202 cm³/mol. The number of carbonyl (C=O) groups excluding carboxylic acids is 1. The minimum Gasteiger partial charge on any atom is -0.512 e. The van der Waals surface area contributed by atoms with Crippen molar-refractivity contribution in [3.63, 3.8) is 0 Å². The fourth-order valence-electron chi connectivity index (χ4n) is 6.58. The van der Waals surface area contributed by atoms with Gasteiger partial charge in [-0.1, -0.05) is 127 Å². The van der Waals surface area contributed by atoms with Gasteiger partial charge in [0.2, 0.25) is 0 Å². The van der Waals surface area contributed by atoms with Crippen LogP contribution in [0.5, 0.6) is 0 Å². The third-order valence-electron chi connectivity index (χ3n) is 11.0. The molecule has 0 saturated carbocycles. The molecule has 0 bridgehead atoms. The van der Waals surface area contributed by atoms with E-state index < -0.39 is 0 Å². The number of aryl methyl sites for hydroxylation is 1. The number of hydrogen-bond acceptors (Lipinski definition) is 4. The number of benzene rings is 4. The first-order valence-electron chi connectivity index (χ1n) is 17.4. The molecule has 0 amide bonds. The number of allylic oxidation sites excluding steroid dienone is 2. The number of ketones is 1. The molecule has 0 spiro atoms. The van der Waals surface area contributed by atoms with Crippen molar-refractivity contribution in [3.05, 3.63) is 96.5 Å². The summed E-state index contributed by atoms with van der Waals surface area (Å²) in [4.78, 5) is 21.7. The Morgan fingerprint density at radius 3 is 2.04 bits per heavy atom. The van der Waals surface area contributed by atoms with Crippen LogP contribution in [0.1, 0.15) is 92.6 Å². The molecule has 6 aromatic rings. The first kappa shape index (κ1) is 37.9. The van der Waals surface area contributed by atoms with E-state index in [9.17, 15) is 9.90 Å². The third-order valence-corrected chi connectivity index (χ3v) is 11.0. The number of carbonyl (C=O) groups is 1. The van der Waals surface area contributed by atoms with Crippen LogP contribution in [-0.4, -0.2) is 25.4 Å². The largest absolute Gasteiger partial charge is 0.512 e. The van der Waals surface area contributed by atoms with Gasteiger partial charge in [0, 0.05) is 66.0 Å². The summed E-state index contributed by atoms with van der Waals surface area (Å²) >= 11 is 0. The molecule has 0 unspecified atom stereocenters. The minimum absolute atomic E-state index is 0. The first-order chi connectivity index (χ1) is 22.9. The molecular formula is C43H50IrN3O2-. The van der Waals surface area contributed by atoms with Gasteiger partial charge in [-0.25, -0.2) is 4.98 Å². The van der Waals surface area contributed by atoms with E-state index in [2.05, 4.69) is 103 Å². The molecule has 4 aromatic carbocycles. The maximum Gasteiger partial charge on any atom is 0.164 e. The first-order valence-corrected chi connectivity index (χ1v) is 17.4. The Morgan fingerprint density at radius 1 is 0.837 bits per heavy atom. The Bertz CT molecular complexity index is 2130. The molecule has 49 heavy (non-hydrogen) atoms. The van der Waals surface area contributed by atoms with Crippen molar-refractivity contribution in [2.75, 3.05) is 0 Å². The summed E-state index contributed by atoms with van der Waals surface area (Å²) in [6.07, 6.45) is 6.43. The Labute approximate surface area is 305 Å². The zero-order valence-corrected chi connectivity index (χ0v) is 32.8. The molecule has 0 saturated heterocycles. The summed E-state index contributed by atoms with van der Waals surface area (Å²) in [6.45, 7) is 16.5. The van der Waals surface area contributed by atoms with E-state index in [0.29, 0.717) is 5.92 Å². The molecule has 1 N–H and O–H groups in total. The number of nitrogens with zero attached hydrogens (tertiary/aromatic N) is 3.